The van der Waals surface area contributed by atoms with Crippen LogP contribution >= 0.6 is 11.6 Å². The highest BCUT2D eigenvalue weighted by Gasteiger charge is 2.79. The Morgan fingerprint density at radius 2 is 1.72 bits per heavy atom. The van der Waals surface area contributed by atoms with Gasteiger partial charge in [0.25, 0.3) is 0 Å². The molecule has 3 saturated heterocycles. The number of anilines is 2. The first-order valence-electron chi connectivity index (χ1n) is 12.3. The number of carbonyl (C=O) groups excluding carboxylic acids is 3. The molecule has 0 radical (unpaired) electrons. The normalized spacial score (nSPS) is 31.3. The van der Waals surface area contributed by atoms with Crippen LogP contribution in [0.1, 0.15) is 33.1 Å². The Balaban J connectivity index is 1.53. The number of aliphatic hydroxyl groups is 1. The van der Waals surface area contributed by atoms with Crippen LogP contribution in [0.5, 0.6) is 0 Å². The molecule has 2 unspecified atom stereocenters. The summed E-state index contributed by atoms with van der Waals surface area (Å²) in [6.45, 7) is 3.32. The molecular weight excluding hydrogens is 482 g/mol. The number of carbonyl (C=O) groups is 3. The van der Waals surface area contributed by atoms with Crippen molar-refractivity contribution in [1.82, 2.24) is 4.90 Å². The molecular formula is C27H30ClN3O5. The maximum atomic E-state index is 14.0. The summed E-state index contributed by atoms with van der Waals surface area (Å²) in [5.74, 6) is -2.63. The van der Waals surface area contributed by atoms with Gasteiger partial charge < -0.3 is 25.4 Å². The van der Waals surface area contributed by atoms with Crippen LogP contribution in [0, 0.1) is 11.8 Å². The van der Waals surface area contributed by atoms with E-state index in [-0.39, 0.29) is 18.4 Å². The van der Waals surface area contributed by atoms with Crippen LogP contribution in [0.25, 0.3) is 0 Å². The molecule has 2 bridgehead atoms. The van der Waals surface area contributed by atoms with E-state index in [4.69, 9.17) is 16.3 Å². The predicted octanol–water partition coefficient (Wildman–Crippen LogP) is 3.45. The number of amides is 3. The molecule has 9 heteroatoms. The van der Waals surface area contributed by atoms with E-state index >= 15 is 0 Å². The van der Waals surface area contributed by atoms with Crippen LogP contribution in [-0.2, 0) is 19.1 Å². The van der Waals surface area contributed by atoms with Gasteiger partial charge in [0.2, 0.25) is 17.7 Å². The molecule has 3 fully saturated rings. The summed E-state index contributed by atoms with van der Waals surface area (Å²) in [5.41, 5.74) is -0.837. The van der Waals surface area contributed by atoms with E-state index in [0.29, 0.717) is 35.7 Å². The second-order valence-electron chi connectivity index (χ2n) is 9.96. The van der Waals surface area contributed by atoms with Gasteiger partial charge in [0, 0.05) is 16.4 Å². The van der Waals surface area contributed by atoms with Crippen molar-refractivity contribution in [2.24, 2.45) is 11.8 Å². The fourth-order valence-corrected chi connectivity index (χ4v) is 6.53. The molecule has 3 aliphatic rings. The van der Waals surface area contributed by atoms with Crippen LogP contribution in [0.4, 0.5) is 11.4 Å². The number of fused-ring (bicyclic) bond motifs is 1. The largest absolute Gasteiger partial charge is 0.394 e. The van der Waals surface area contributed by atoms with Crippen molar-refractivity contribution in [3.63, 3.8) is 0 Å². The second-order valence-corrected chi connectivity index (χ2v) is 10.4. The summed E-state index contributed by atoms with van der Waals surface area (Å²) in [7, 11) is 0. The molecule has 190 valence electrons. The number of nitrogens with one attached hydrogen (secondary N) is 2. The SMILES string of the molecule is CC[C@]12CCC3(O1)C(C(=O)Nc1ccc(Cl)cc1)N([C@H](C)CO)C(=O)[C@@H]3[C@H]2C(=O)Nc1ccccc1. The summed E-state index contributed by atoms with van der Waals surface area (Å²) in [6, 6.07) is 14.2. The monoisotopic (exact) mass is 511 g/mol. The second kappa shape index (κ2) is 9.18. The highest BCUT2D eigenvalue weighted by molar-refractivity contribution is 6.30. The molecule has 3 heterocycles. The fraction of sp³-hybridized carbons (Fsp3) is 0.444. The lowest BCUT2D eigenvalue weighted by Gasteiger charge is -2.36. The fourth-order valence-electron chi connectivity index (χ4n) is 6.40. The molecule has 8 nitrogen and oxygen atoms in total. The highest BCUT2D eigenvalue weighted by atomic mass is 35.5. The topological polar surface area (TPSA) is 108 Å². The number of ether oxygens (including phenoxy) is 1. The zero-order valence-corrected chi connectivity index (χ0v) is 21.0. The number of benzene rings is 2. The highest BCUT2D eigenvalue weighted by Crippen LogP contribution is 2.64. The Hall–Kier alpha value is -2.94. The summed E-state index contributed by atoms with van der Waals surface area (Å²) in [6.07, 6.45) is 1.57. The molecule has 3 amide bonds. The summed E-state index contributed by atoms with van der Waals surface area (Å²) < 4.78 is 6.69. The van der Waals surface area contributed by atoms with Crippen molar-refractivity contribution in [2.45, 2.75) is 56.4 Å². The lowest BCUT2D eigenvalue weighted by atomic mass is 9.65. The average Bonchev–Trinajstić information content (AvgIpc) is 3.49. The molecule has 3 aliphatic heterocycles. The van der Waals surface area contributed by atoms with E-state index in [1.807, 2.05) is 25.1 Å². The minimum atomic E-state index is -1.16. The van der Waals surface area contributed by atoms with E-state index in [0.717, 1.165) is 0 Å². The smallest absolute Gasteiger partial charge is 0.250 e. The van der Waals surface area contributed by atoms with Crippen LogP contribution < -0.4 is 10.6 Å². The van der Waals surface area contributed by atoms with Crippen molar-refractivity contribution in [3.8, 4) is 0 Å². The molecule has 6 atom stereocenters. The first-order valence-corrected chi connectivity index (χ1v) is 12.7. The van der Waals surface area contributed by atoms with Gasteiger partial charge in [0.1, 0.15) is 11.6 Å². The van der Waals surface area contributed by atoms with Gasteiger partial charge in [0.15, 0.2) is 0 Å². The molecule has 3 N–H and O–H groups in total. The third-order valence-electron chi connectivity index (χ3n) is 8.04. The molecule has 0 aliphatic carbocycles. The van der Waals surface area contributed by atoms with Gasteiger partial charge in [-0.1, -0.05) is 36.7 Å². The molecule has 1 spiro atoms. The minimum absolute atomic E-state index is 0.293. The van der Waals surface area contributed by atoms with E-state index in [2.05, 4.69) is 10.6 Å². The zero-order chi connectivity index (χ0) is 25.7. The Bertz CT molecular complexity index is 1180. The molecule has 5 rings (SSSR count). The van der Waals surface area contributed by atoms with Gasteiger partial charge in [-0.3, -0.25) is 14.4 Å². The maximum Gasteiger partial charge on any atom is 0.250 e. The molecule has 2 aromatic carbocycles. The first kappa shape index (κ1) is 24.7. The number of nitrogens with zero attached hydrogens (tertiary/aromatic N) is 1. The van der Waals surface area contributed by atoms with Crippen molar-refractivity contribution >= 4 is 40.7 Å². The van der Waals surface area contributed by atoms with Gasteiger partial charge in [-0.2, -0.15) is 0 Å². The van der Waals surface area contributed by atoms with E-state index in [1.165, 1.54) is 4.90 Å². The van der Waals surface area contributed by atoms with Gasteiger partial charge in [-0.05, 0) is 62.6 Å². The third kappa shape index (κ3) is 3.70. The Kier molecular flexibility index (Phi) is 6.31. The van der Waals surface area contributed by atoms with Crippen LogP contribution in [0.3, 0.4) is 0 Å². The number of rotatable bonds is 7. The Morgan fingerprint density at radius 3 is 2.36 bits per heavy atom. The van der Waals surface area contributed by atoms with Crippen LogP contribution in [0.2, 0.25) is 5.02 Å². The van der Waals surface area contributed by atoms with E-state index < -0.39 is 41.0 Å². The van der Waals surface area contributed by atoms with Crippen molar-refractivity contribution in [1.29, 1.82) is 0 Å². The van der Waals surface area contributed by atoms with Crippen molar-refractivity contribution in [2.75, 3.05) is 17.2 Å². The summed E-state index contributed by atoms with van der Waals surface area (Å²) in [5, 5.41) is 16.3. The summed E-state index contributed by atoms with van der Waals surface area (Å²) >= 11 is 5.98. The minimum Gasteiger partial charge on any atom is -0.394 e. The zero-order valence-electron chi connectivity index (χ0n) is 20.2. The Morgan fingerprint density at radius 1 is 1.08 bits per heavy atom. The number of aliphatic hydroxyl groups excluding tert-OH is 1. The number of likely N-dealkylation sites (tertiary alicyclic amines) is 1. The molecule has 0 aromatic heterocycles. The third-order valence-corrected chi connectivity index (χ3v) is 8.29. The predicted molar refractivity (Wildman–Crippen MR) is 135 cm³/mol. The lowest BCUT2D eigenvalue weighted by Crippen LogP contribution is -2.55. The quantitative estimate of drug-likeness (QED) is 0.527. The van der Waals surface area contributed by atoms with Gasteiger partial charge in [0.05, 0.1) is 30.1 Å². The number of para-hydroxylation sites is 1. The number of hydrogen-bond acceptors (Lipinski definition) is 5. The molecule has 2 aromatic rings. The van der Waals surface area contributed by atoms with E-state index in [9.17, 15) is 19.5 Å². The van der Waals surface area contributed by atoms with Gasteiger partial charge in [-0.25, -0.2) is 0 Å². The first-order chi connectivity index (χ1) is 17.3. The number of halogens is 1. The molecule has 36 heavy (non-hydrogen) atoms. The van der Waals surface area contributed by atoms with E-state index in [1.54, 1.807) is 43.3 Å². The Labute approximate surface area is 215 Å². The van der Waals surface area contributed by atoms with Crippen molar-refractivity contribution in [3.05, 3.63) is 59.6 Å². The van der Waals surface area contributed by atoms with Crippen LogP contribution in [-0.4, -0.2) is 57.6 Å². The maximum absolute atomic E-state index is 14.0. The average molecular weight is 512 g/mol. The van der Waals surface area contributed by atoms with Gasteiger partial charge >= 0.3 is 0 Å². The number of hydrogen-bond donors (Lipinski definition) is 3. The summed E-state index contributed by atoms with van der Waals surface area (Å²) in [4.78, 5) is 42.8. The standard InChI is InChI=1S/C27H30ClN3O5/c1-3-26-13-14-27(36-26)21(20(26)23(33)29-18-7-5-4-6-8-18)25(35)31(16(2)15-32)22(27)24(34)30-19-11-9-17(28)10-12-19/h4-12,16,20-22,32H,3,13-15H2,1-2H3,(H,29,33)(H,30,34)/t16-,20+,21+,22?,26-,27?/m1/s1. The van der Waals surface area contributed by atoms with Crippen molar-refractivity contribution < 1.29 is 24.2 Å². The van der Waals surface area contributed by atoms with Crippen LogP contribution in [0.15, 0.2) is 54.6 Å². The molecule has 0 saturated carbocycles. The lowest BCUT2D eigenvalue weighted by molar-refractivity contribution is -0.147. The van der Waals surface area contributed by atoms with Gasteiger partial charge in [-0.15, -0.1) is 0 Å².